The number of allylic oxidation sites excluding steroid dienone is 3. The Labute approximate surface area is 183 Å². The van der Waals surface area contributed by atoms with Gasteiger partial charge >= 0.3 is 0 Å². The maximum Gasteiger partial charge on any atom is 0.0888 e. The van der Waals surface area contributed by atoms with Crippen molar-refractivity contribution in [3.63, 3.8) is 0 Å². The molecule has 4 unspecified atom stereocenters. The molecule has 1 heterocycles. The lowest BCUT2D eigenvalue weighted by Crippen LogP contribution is -2.36. The summed E-state index contributed by atoms with van der Waals surface area (Å²) in [6, 6.07) is 0. The zero-order valence-electron chi connectivity index (χ0n) is 19.3. The Morgan fingerprint density at radius 1 is 1.23 bits per heavy atom. The van der Waals surface area contributed by atoms with Gasteiger partial charge in [0.1, 0.15) is 0 Å². The van der Waals surface area contributed by atoms with Crippen LogP contribution in [0.3, 0.4) is 0 Å². The predicted octanol–water partition coefficient (Wildman–Crippen LogP) is 5.72. The van der Waals surface area contributed by atoms with Crippen LogP contribution in [0.4, 0.5) is 0 Å². The second-order valence-electron chi connectivity index (χ2n) is 11.3. The zero-order chi connectivity index (χ0) is 21.5. The molecular formula is C27H42O3. The van der Waals surface area contributed by atoms with Gasteiger partial charge in [-0.3, -0.25) is 0 Å². The molecular weight excluding hydrogens is 372 g/mol. The van der Waals surface area contributed by atoms with Crippen LogP contribution in [-0.4, -0.2) is 34.6 Å². The summed E-state index contributed by atoms with van der Waals surface area (Å²) >= 11 is 0. The average molecular weight is 415 g/mol. The quantitative estimate of drug-likeness (QED) is 0.546. The van der Waals surface area contributed by atoms with Crippen LogP contribution in [-0.2, 0) is 4.74 Å². The molecule has 4 fully saturated rings. The molecule has 0 spiro atoms. The number of epoxide rings is 1. The SMILES string of the molecule is C=C1/C(=C\C=C2/CCC[C@@]3(C)C2CCC3C(C)CCCC2(C)CO2)C[C@@H](O)C[C@H]1O. The van der Waals surface area contributed by atoms with Crippen LogP contribution in [0, 0.1) is 23.2 Å². The van der Waals surface area contributed by atoms with Crippen molar-refractivity contribution in [3.8, 4) is 0 Å². The second kappa shape index (κ2) is 8.56. The van der Waals surface area contributed by atoms with Crippen LogP contribution in [0.15, 0.2) is 35.5 Å². The summed E-state index contributed by atoms with van der Waals surface area (Å²) in [4.78, 5) is 0. The largest absolute Gasteiger partial charge is 0.393 e. The molecule has 4 aliphatic rings. The second-order valence-corrected chi connectivity index (χ2v) is 11.3. The van der Waals surface area contributed by atoms with Crippen molar-refractivity contribution >= 4 is 0 Å². The molecule has 3 nitrogen and oxygen atoms in total. The zero-order valence-corrected chi connectivity index (χ0v) is 19.3. The van der Waals surface area contributed by atoms with E-state index in [2.05, 4.69) is 39.5 Å². The minimum Gasteiger partial charge on any atom is -0.393 e. The van der Waals surface area contributed by atoms with Gasteiger partial charge in [-0.15, -0.1) is 0 Å². The third kappa shape index (κ3) is 4.49. The number of hydrogen-bond acceptors (Lipinski definition) is 3. The third-order valence-electron chi connectivity index (χ3n) is 8.99. The molecule has 0 aromatic carbocycles. The van der Waals surface area contributed by atoms with E-state index in [0.29, 0.717) is 24.2 Å². The lowest BCUT2D eigenvalue weighted by molar-refractivity contribution is 0.0861. The number of rotatable bonds is 6. The van der Waals surface area contributed by atoms with Crippen molar-refractivity contribution in [2.75, 3.05) is 6.61 Å². The summed E-state index contributed by atoms with van der Waals surface area (Å²) in [7, 11) is 0. The molecule has 2 N–H and O–H groups in total. The Balaban J connectivity index is 1.43. The van der Waals surface area contributed by atoms with E-state index in [0.717, 1.165) is 29.6 Å². The Morgan fingerprint density at radius 3 is 2.73 bits per heavy atom. The summed E-state index contributed by atoms with van der Waals surface area (Å²) < 4.78 is 5.57. The van der Waals surface area contributed by atoms with E-state index in [1.807, 2.05) is 0 Å². The summed E-state index contributed by atoms with van der Waals surface area (Å²) in [5, 5.41) is 20.2. The number of fused-ring (bicyclic) bond motifs is 1. The van der Waals surface area contributed by atoms with Gasteiger partial charge in [-0.2, -0.15) is 0 Å². The molecule has 4 rings (SSSR count). The smallest absolute Gasteiger partial charge is 0.0888 e. The van der Waals surface area contributed by atoms with Crippen LogP contribution < -0.4 is 0 Å². The van der Waals surface area contributed by atoms with Crippen LogP contribution >= 0.6 is 0 Å². The Kier molecular flexibility index (Phi) is 6.36. The van der Waals surface area contributed by atoms with Gasteiger partial charge in [0.25, 0.3) is 0 Å². The topological polar surface area (TPSA) is 53.0 Å². The first kappa shape index (κ1) is 22.3. The Bertz CT molecular complexity index is 716. The van der Waals surface area contributed by atoms with E-state index in [1.54, 1.807) is 5.57 Å². The van der Waals surface area contributed by atoms with Gasteiger partial charge in [0.2, 0.25) is 0 Å². The maximum absolute atomic E-state index is 10.1. The van der Waals surface area contributed by atoms with E-state index >= 15 is 0 Å². The average Bonchev–Trinajstić information content (AvgIpc) is 3.30. The molecule has 0 aromatic heterocycles. The molecule has 3 aliphatic carbocycles. The highest BCUT2D eigenvalue weighted by Gasteiger charge is 2.50. The number of hydrogen-bond donors (Lipinski definition) is 2. The third-order valence-corrected chi connectivity index (χ3v) is 8.99. The molecule has 0 amide bonds. The fourth-order valence-corrected chi connectivity index (χ4v) is 6.95. The van der Waals surface area contributed by atoms with Gasteiger partial charge in [-0.05, 0) is 86.2 Å². The van der Waals surface area contributed by atoms with Crippen molar-refractivity contribution < 1.29 is 14.9 Å². The van der Waals surface area contributed by atoms with Gasteiger partial charge in [-0.25, -0.2) is 0 Å². The van der Waals surface area contributed by atoms with E-state index in [-0.39, 0.29) is 5.60 Å². The standard InChI is InChI=1S/C27H42O3/c1-18(7-5-13-26(3)17-30-26)23-11-12-24-20(8-6-14-27(23,24)4)9-10-21-15-22(28)16-25(29)19(21)2/h9-10,18,22-25,28-29H,2,5-8,11-17H2,1,3-4H3/b20-9+,21-10-/t18?,22-,23?,24?,25-,26?,27-/m1/s1. The van der Waals surface area contributed by atoms with Crippen LogP contribution in [0.2, 0.25) is 0 Å². The molecule has 1 aliphatic heterocycles. The molecule has 168 valence electrons. The van der Waals surface area contributed by atoms with Gasteiger partial charge < -0.3 is 14.9 Å². The van der Waals surface area contributed by atoms with Gasteiger partial charge in [0, 0.05) is 6.42 Å². The first-order valence-electron chi connectivity index (χ1n) is 12.3. The lowest BCUT2D eigenvalue weighted by Gasteiger charge is -2.44. The monoisotopic (exact) mass is 414 g/mol. The molecule has 3 saturated carbocycles. The molecule has 1 saturated heterocycles. The summed E-state index contributed by atoms with van der Waals surface area (Å²) in [6.07, 6.45) is 14.8. The fraction of sp³-hybridized carbons (Fsp3) is 0.778. The number of aliphatic hydroxyl groups is 2. The molecule has 30 heavy (non-hydrogen) atoms. The van der Waals surface area contributed by atoms with Gasteiger partial charge in [-0.1, -0.05) is 51.0 Å². The van der Waals surface area contributed by atoms with Gasteiger partial charge in [0.15, 0.2) is 0 Å². The van der Waals surface area contributed by atoms with E-state index in [1.165, 1.54) is 51.4 Å². The predicted molar refractivity (Wildman–Crippen MR) is 122 cm³/mol. The minimum atomic E-state index is -0.602. The molecule has 7 atom stereocenters. The highest BCUT2D eigenvalue weighted by molar-refractivity contribution is 5.38. The summed E-state index contributed by atoms with van der Waals surface area (Å²) in [5.74, 6) is 2.29. The molecule has 3 heteroatoms. The van der Waals surface area contributed by atoms with Crippen LogP contribution in [0.1, 0.15) is 85.0 Å². The number of ether oxygens (including phenoxy) is 1. The van der Waals surface area contributed by atoms with Crippen LogP contribution in [0.25, 0.3) is 0 Å². The summed E-state index contributed by atoms with van der Waals surface area (Å²) in [6.45, 7) is 12.3. The lowest BCUT2D eigenvalue weighted by atomic mass is 9.60. The van der Waals surface area contributed by atoms with E-state index < -0.39 is 12.2 Å². The first-order chi connectivity index (χ1) is 14.2. The van der Waals surface area contributed by atoms with E-state index in [9.17, 15) is 10.2 Å². The molecule has 0 bridgehead atoms. The first-order valence-corrected chi connectivity index (χ1v) is 12.3. The van der Waals surface area contributed by atoms with Crippen molar-refractivity contribution in [2.24, 2.45) is 23.2 Å². The van der Waals surface area contributed by atoms with Crippen molar-refractivity contribution in [3.05, 3.63) is 35.5 Å². The Hall–Kier alpha value is -0.900. The number of aliphatic hydroxyl groups excluding tert-OH is 2. The highest BCUT2D eigenvalue weighted by Crippen LogP contribution is 2.60. The van der Waals surface area contributed by atoms with Crippen molar-refractivity contribution in [1.29, 1.82) is 0 Å². The van der Waals surface area contributed by atoms with Gasteiger partial charge in [0.05, 0.1) is 24.4 Å². The van der Waals surface area contributed by atoms with Crippen molar-refractivity contribution in [1.82, 2.24) is 0 Å². The van der Waals surface area contributed by atoms with Crippen molar-refractivity contribution in [2.45, 2.75) is 103 Å². The normalized spacial score (nSPS) is 45.0. The fourth-order valence-electron chi connectivity index (χ4n) is 6.95. The maximum atomic E-state index is 10.1. The van der Waals surface area contributed by atoms with Crippen LogP contribution in [0.5, 0.6) is 0 Å². The molecule has 0 radical (unpaired) electrons. The summed E-state index contributed by atoms with van der Waals surface area (Å²) in [5.41, 5.74) is 4.03. The highest BCUT2D eigenvalue weighted by atomic mass is 16.6. The van der Waals surface area contributed by atoms with E-state index in [4.69, 9.17) is 4.74 Å². The Morgan fingerprint density at radius 2 is 2.00 bits per heavy atom. The molecule has 0 aromatic rings. The minimum absolute atomic E-state index is 0.195.